The molecule has 1 fully saturated rings. The summed E-state index contributed by atoms with van der Waals surface area (Å²) in [5.74, 6) is 1.80. The van der Waals surface area contributed by atoms with E-state index < -0.39 is 0 Å². The smallest absolute Gasteiger partial charge is 0.138 e. The lowest BCUT2D eigenvalue weighted by molar-refractivity contribution is 0.121. The molecule has 6 heteroatoms. The summed E-state index contributed by atoms with van der Waals surface area (Å²) < 4.78 is 11.1. The molecular formula is C26H28N4O2. The predicted molar refractivity (Wildman–Crippen MR) is 124 cm³/mol. The van der Waals surface area contributed by atoms with Gasteiger partial charge < -0.3 is 9.05 Å². The van der Waals surface area contributed by atoms with Crippen molar-refractivity contribution in [1.82, 2.24) is 20.1 Å². The molecule has 0 radical (unpaired) electrons. The molecule has 164 valence electrons. The fourth-order valence-electron chi connectivity index (χ4n) is 4.35. The molecule has 1 saturated heterocycles. The van der Waals surface area contributed by atoms with Crippen molar-refractivity contribution < 1.29 is 9.05 Å². The number of nitrogens with zero attached hydrogens (tertiary/aromatic N) is 4. The highest BCUT2D eigenvalue weighted by atomic mass is 16.5. The molecule has 3 heterocycles. The normalized spacial score (nSPS) is 15.3. The molecule has 0 atom stereocenters. The third kappa shape index (κ3) is 4.24. The van der Waals surface area contributed by atoms with E-state index in [2.05, 4.69) is 44.4 Å². The number of benzene rings is 2. The van der Waals surface area contributed by atoms with Gasteiger partial charge in [0.2, 0.25) is 0 Å². The number of rotatable bonds is 6. The SMILES string of the molecule is Cc1onc(-c2ccccc2)c1CN1CCN(Cc2c(-c3ccccc3)noc2C)CC1. The monoisotopic (exact) mass is 428 g/mol. The van der Waals surface area contributed by atoms with Crippen LogP contribution in [0.2, 0.25) is 0 Å². The van der Waals surface area contributed by atoms with Crippen LogP contribution in [0, 0.1) is 13.8 Å². The molecule has 32 heavy (non-hydrogen) atoms. The minimum atomic E-state index is 0.856. The lowest BCUT2D eigenvalue weighted by Gasteiger charge is -2.34. The van der Waals surface area contributed by atoms with E-state index in [-0.39, 0.29) is 0 Å². The second-order valence-electron chi connectivity index (χ2n) is 8.42. The molecule has 6 nitrogen and oxygen atoms in total. The average Bonchev–Trinajstić information content (AvgIpc) is 3.38. The highest BCUT2D eigenvalue weighted by Gasteiger charge is 2.24. The standard InChI is InChI=1S/C26H28N4O2/c1-19-23(25(27-31-19)21-9-5-3-6-10-21)17-29-13-15-30(16-14-29)18-24-20(2)32-28-26(24)22-11-7-4-8-12-22/h3-12H,13-18H2,1-2H3. The molecule has 0 bridgehead atoms. The van der Waals surface area contributed by atoms with E-state index in [1.807, 2.05) is 50.2 Å². The van der Waals surface area contributed by atoms with Crippen molar-refractivity contribution in [3.05, 3.63) is 83.3 Å². The van der Waals surface area contributed by atoms with Crippen LogP contribution in [0.5, 0.6) is 0 Å². The van der Waals surface area contributed by atoms with Gasteiger partial charge >= 0.3 is 0 Å². The number of aryl methyl sites for hydroxylation is 2. The van der Waals surface area contributed by atoms with Crippen molar-refractivity contribution in [3.63, 3.8) is 0 Å². The van der Waals surface area contributed by atoms with Crippen LogP contribution < -0.4 is 0 Å². The molecule has 1 aliphatic rings. The Morgan fingerprint density at radius 1 is 0.625 bits per heavy atom. The number of hydrogen-bond acceptors (Lipinski definition) is 6. The van der Waals surface area contributed by atoms with Crippen molar-refractivity contribution in [3.8, 4) is 22.5 Å². The van der Waals surface area contributed by atoms with E-state index in [9.17, 15) is 0 Å². The van der Waals surface area contributed by atoms with E-state index in [1.54, 1.807) is 0 Å². The van der Waals surface area contributed by atoms with Gasteiger partial charge in [-0.1, -0.05) is 71.0 Å². The molecular weight excluding hydrogens is 400 g/mol. The summed E-state index contributed by atoms with van der Waals surface area (Å²) >= 11 is 0. The average molecular weight is 429 g/mol. The minimum Gasteiger partial charge on any atom is -0.361 e. The van der Waals surface area contributed by atoms with E-state index in [0.717, 1.165) is 73.3 Å². The first-order valence-corrected chi connectivity index (χ1v) is 11.1. The molecule has 0 spiro atoms. The lowest BCUT2D eigenvalue weighted by Crippen LogP contribution is -2.45. The highest BCUT2D eigenvalue weighted by molar-refractivity contribution is 5.64. The summed E-state index contributed by atoms with van der Waals surface area (Å²) in [4.78, 5) is 4.97. The van der Waals surface area contributed by atoms with Gasteiger partial charge in [-0.3, -0.25) is 9.80 Å². The zero-order chi connectivity index (χ0) is 21.9. The van der Waals surface area contributed by atoms with Crippen LogP contribution in [0.15, 0.2) is 69.7 Å². The van der Waals surface area contributed by atoms with Crippen molar-refractivity contribution in [1.29, 1.82) is 0 Å². The zero-order valence-electron chi connectivity index (χ0n) is 18.6. The first-order valence-electron chi connectivity index (χ1n) is 11.1. The van der Waals surface area contributed by atoms with Crippen LogP contribution in [0.4, 0.5) is 0 Å². The van der Waals surface area contributed by atoms with Crippen LogP contribution in [-0.4, -0.2) is 46.3 Å². The minimum absolute atomic E-state index is 0.856. The van der Waals surface area contributed by atoms with E-state index in [4.69, 9.17) is 9.05 Å². The first kappa shape index (κ1) is 20.7. The summed E-state index contributed by atoms with van der Waals surface area (Å²) in [6, 6.07) is 20.6. The van der Waals surface area contributed by atoms with Crippen molar-refractivity contribution in [2.75, 3.05) is 26.2 Å². The molecule has 0 amide bonds. The Hall–Kier alpha value is -3.22. The maximum absolute atomic E-state index is 5.55. The second kappa shape index (κ2) is 9.10. The Labute approximate surface area is 188 Å². The van der Waals surface area contributed by atoms with Crippen LogP contribution >= 0.6 is 0 Å². The highest BCUT2D eigenvalue weighted by Crippen LogP contribution is 2.28. The Bertz CT molecular complexity index is 1070. The molecule has 2 aromatic carbocycles. The van der Waals surface area contributed by atoms with Gasteiger partial charge in [0, 0.05) is 61.5 Å². The van der Waals surface area contributed by atoms with Gasteiger partial charge in [-0.25, -0.2) is 0 Å². The molecule has 0 aliphatic carbocycles. The van der Waals surface area contributed by atoms with Gasteiger partial charge in [0.1, 0.15) is 22.9 Å². The third-order valence-corrected chi connectivity index (χ3v) is 6.29. The molecule has 5 rings (SSSR count). The Morgan fingerprint density at radius 3 is 1.38 bits per heavy atom. The van der Waals surface area contributed by atoms with E-state index in [1.165, 1.54) is 11.1 Å². The largest absolute Gasteiger partial charge is 0.361 e. The fraction of sp³-hybridized carbons (Fsp3) is 0.308. The first-order chi connectivity index (χ1) is 15.7. The Morgan fingerprint density at radius 2 is 1.00 bits per heavy atom. The topological polar surface area (TPSA) is 58.5 Å². The summed E-state index contributed by atoms with van der Waals surface area (Å²) in [5, 5.41) is 8.67. The molecule has 1 aliphatic heterocycles. The molecule has 0 saturated carbocycles. The van der Waals surface area contributed by atoms with Gasteiger partial charge in [-0.2, -0.15) is 0 Å². The van der Waals surface area contributed by atoms with Gasteiger partial charge in [0.05, 0.1) is 0 Å². The Kier molecular flexibility index (Phi) is 5.88. The molecule has 2 aromatic heterocycles. The van der Waals surface area contributed by atoms with Crippen LogP contribution in [0.1, 0.15) is 22.6 Å². The number of piperazine rings is 1. The van der Waals surface area contributed by atoms with Crippen molar-refractivity contribution in [2.24, 2.45) is 0 Å². The maximum Gasteiger partial charge on any atom is 0.138 e. The third-order valence-electron chi connectivity index (χ3n) is 6.29. The van der Waals surface area contributed by atoms with Crippen LogP contribution in [0.3, 0.4) is 0 Å². The quantitative estimate of drug-likeness (QED) is 0.434. The van der Waals surface area contributed by atoms with Gasteiger partial charge in [-0.05, 0) is 13.8 Å². The summed E-state index contributed by atoms with van der Waals surface area (Å²) in [6.45, 7) is 9.74. The van der Waals surface area contributed by atoms with Crippen LogP contribution in [-0.2, 0) is 13.1 Å². The second-order valence-corrected chi connectivity index (χ2v) is 8.42. The van der Waals surface area contributed by atoms with Gasteiger partial charge in [0.15, 0.2) is 0 Å². The Balaban J connectivity index is 1.24. The summed E-state index contributed by atoms with van der Waals surface area (Å²) in [6.07, 6.45) is 0. The van der Waals surface area contributed by atoms with Crippen molar-refractivity contribution in [2.45, 2.75) is 26.9 Å². The van der Waals surface area contributed by atoms with E-state index >= 15 is 0 Å². The molecule has 0 N–H and O–H groups in total. The summed E-state index contributed by atoms with van der Waals surface area (Å²) in [7, 11) is 0. The van der Waals surface area contributed by atoms with Crippen molar-refractivity contribution >= 4 is 0 Å². The van der Waals surface area contributed by atoms with Gasteiger partial charge in [-0.15, -0.1) is 0 Å². The lowest BCUT2D eigenvalue weighted by atomic mass is 10.0. The van der Waals surface area contributed by atoms with Crippen LogP contribution in [0.25, 0.3) is 22.5 Å². The zero-order valence-corrected chi connectivity index (χ0v) is 18.6. The molecule has 0 unspecified atom stereocenters. The predicted octanol–water partition coefficient (Wildman–Crippen LogP) is 4.93. The fourth-order valence-corrected chi connectivity index (χ4v) is 4.35. The van der Waals surface area contributed by atoms with E-state index in [0.29, 0.717) is 0 Å². The summed E-state index contributed by atoms with van der Waals surface area (Å²) in [5.41, 5.74) is 6.50. The maximum atomic E-state index is 5.55. The van der Waals surface area contributed by atoms with Gasteiger partial charge in [0.25, 0.3) is 0 Å². The number of aromatic nitrogens is 2. The molecule has 4 aromatic rings. The number of hydrogen-bond donors (Lipinski definition) is 0.